The van der Waals surface area contributed by atoms with Gasteiger partial charge in [-0.3, -0.25) is 9.63 Å². The van der Waals surface area contributed by atoms with Gasteiger partial charge in [0.1, 0.15) is 49.3 Å². The van der Waals surface area contributed by atoms with Gasteiger partial charge in [-0.25, -0.2) is 5.90 Å². The van der Waals surface area contributed by atoms with Crippen LogP contribution in [0.5, 0.6) is 0 Å². The molecule has 2 fully saturated rings. The molecule has 2 aliphatic rings. The van der Waals surface area contributed by atoms with Gasteiger partial charge in [0, 0.05) is 6.92 Å². The van der Waals surface area contributed by atoms with Crippen LogP contribution in [0.2, 0.25) is 0 Å². The molecule has 28 heavy (non-hydrogen) atoms. The molecule has 14 nitrogen and oxygen atoms in total. The standard InChI is InChI=1S/C12H23NO11.C2H4O2/c13-21-3-12(10(20)7(17)5(2-15)23-12)24-11-9(19)8(18)6(16)4(1-14)22-11;1-2(3)4/h4-11,14-20H,1-3,13H2;1H3,(H,3,4)/t4-,5+,6-,7+,8+,9-,10-,11-,12-;/m0./s1. The van der Waals surface area contributed by atoms with Gasteiger partial charge in [-0.15, -0.1) is 0 Å². The third-order valence-corrected chi connectivity index (χ3v) is 4.13. The molecule has 0 aliphatic carbocycles. The second-order valence-electron chi connectivity index (χ2n) is 6.23. The zero-order valence-electron chi connectivity index (χ0n) is 14.9. The average molecular weight is 417 g/mol. The number of nitrogens with two attached hydrogens (primary N) is 1. The van der Waals surface area contributed by atoms with Gasteiger partial charge in [0.15, 0.2) is 6.29 Å². The Labute approximate surface area is 159 Å². The van der Waals surface area contributed by atoms with Crippen LogP contribution in [0, 0.1) is 0 Å². The lowest BCUT2D eigenvalue weighted by molar-refractivity contribution is -0.385. The summed E-state index contributed by atoms with van der Waals surface area (Å²) >= 11 is 0. The van der Waals surface area contributed by atoms with Crippen molar-refractivity contribution in [1.82, 2.24) is 0 Å². The number of hydrogen-bond acceptors (Lipinski definition) is 13. The molecule has 9 atom stereocenters. The monoisotopic (exact) mass is 417 g/mol. The quantitative estimate of drug-likeness (QED) is 0.183. The van der Waals surface area contributed by atoms with Crippen LogP contribution in [0.3, 0.4) is 0 Å². The third kappa shape index (κ3) is 5.53. The molecule has 0 amide bonds. The summed E-state index contributed by atoms with van der Waals surface area (Å²) in [5, 5.41) is 75.2. The van der Waals surface area contributed by atoms with Gasteiger partial charge in [0.2, 0.25) is 5.79 Å². The van der Waals surface area contributed by atoms with Crippen molar-refractivity contribution in [3.63, 3.8) is 0 Å². The molecule has 0 aromatic rings. The van der Waals surface area contributed by atoms with E-state index in [0.29, 0.717) is 0 Å². The van der Waals surface area contributed by atoms with Crippen LogP contribution in [0.1, 0.15) is 6.92 Å². The lowest BCUT2D eigenvalue weighted by Gasteiger charge is -2.43. The highest BCUT2D eigenvalue weighted by Crippen LogP contribution is 2.36. The van der Waals surface area contributed by atoms with Crippen LogP contribution in [-0.4, -0.2) is 121 Å². The molecule has 0 bridgehead atoms. The normalized spacial score (nSPS) is 43.3. The summed E-state index contributed by atoms with van der Waals surface area (Å²) in [7, 11) is 0. The van der Waals surface area contributed by atoms with E-state index in [-0.39, 0.29) is 0 Å². The summed E-state index contributed by atoms with van der Waals surface area (Å²) < 4.78 is 15.8. The van der Waals surface area contributed by atoms with Crippen LogP contribution in [0.15, 0.2) is 0 Å². The molecular formula is C14H27NO13. The molecule has 0 aromatic carbocycles. The lowest BCUT2D eigenvalue weighted by atomic mass is 9.99. The molecule has 0 unspecified atom stereocenters. The number of hydrogen-bond donors (Lipinski definition) is 9. The number of carbonyl (C=O) groups is 1. The first kappa shape index (κ1) is 25.0. The van der Waals surface area contributed by atoms with Gasteiger partial charge in [0.05, 0.1) is 13.2 Å². The smallest absolute Gasteiger partial charge is 0.300 e. The molecule has 0 spiro atoms. The van der Waals surface area contributed by atoms with Crippen molar-refractivity contribution < 1.29 is 64.7 Å². The summed E-state index contributed by atoms with van der Waals surface area (Å²) in [5.74, 6) is 2.03. The molecule has 0 saturated carbocycles. The van der Waals surface area contributed by atoms with E-state index >= 15 is 0 Å². The molecule has 2 heterocycles. The van der Waals surface area contributed by atoms with Crippen LogP contribution < -0.4 is 5.90 Å². The SMILES string of the molecule is CC(=O)O.NOC[C@@]1(O[C@@H]2O[C@@H](CO)[C@H](O)[C@@H](O)[C@@H]2O)O[C@H](CO)[C@@H](O)[C@@H]1O. The van der Waals surface area contributed by atoms with E-state index in [1.807, 2.05) is 0 Å². The molecule has 2 rings (SSSR count). The van der Waals surface area contributed by atoms with Crippen molar-refractivity contribution in [2.75, 3.05) is 19.8 Å². The maximum Gasteiger partial charge on any atom is 0.300 e. The van der Waals surface area contributed by atoms with E-state index in [4.69, 9.17) is 40.2 Å². The fourth-order valence-electron chi connectivity index (χ4n) is 2.73. The Bertz CT molecular complexity index is 490. The molecule has 2 saturated heterocycles. The van der Waals surface area contributed by atoms with E-state index in [1.165, 1.54) is 0 Å². The van der Waals surface area contributed by atoms with E-state index in [9.17, 15) is 25.5 Å². The number of aliphatic hydroxyl groups excluding tert-OH is 7. The lowest BCUT2D eigenvalue weighted by Crippen LogP contribution is -2.63. The fourth-order valence-corrected chi connectivity index (χ4v) is 2.73. The molecule has 0 aromatic heterocycles. The molecule has 14 heteroatoms. The summed E-state index contributed by atoms with van der Waals surface area (Å²) in [6.45, 7) is -0.865. The Morgan fingerprint density at radius 3 is 1.96 bits per heavy atom. The second-order valence-corrected chi connectivity index (χ2v) is 6.23. The number of rotatable bonds is 6. The average Bonchev–Trinajstić information content (AvgIpc) is 2.87. The predicted octanol–water partition coefficient (Wildman–Crippen LogP) is -5.41. The van der Waals surface area contributed by atoms with Gasteiger partial charge in [-0.1, -0.05) is 0 Å². The van der Waals surface area contributed by atoms with Gasteiger partial charge < -0.3 is 55.1 Å². The third-order valence-electron chi connectivity index (χ3n) is 4.13. The second kappa shape index (κ2) is 10.7. The zero-order chi connectivity index (χ0) is 21.6. The number of aliphatic carboxylic acids is 1. The number of aliphatic hydroxyl groups is 7. The van der Waals surface area contributed by atoms with Crippen LogP contribution >= 0.6 is 0 Å². The Hall–Kier alpha value is -1.01. The Balaban J connectivity index is 0.000000892. The number of carboxylic acids is 1. The first-order valence-corrected chi connectivity index (χ1v) is 8.19. The number of ether oxygens (including phenoxy) is 3. The first-order valence-electron chi connectivity index (χ1n) is 8.19. The summed E-state index contributed by atoms with van der Waals surface area (Å²) in [4.78, 5) is 13.4. The molecule has 10 N–H and O–H groups in total. The zero-order valence-corrected chi connectivity index (χ0v) is 14.9. The van der Waals surface area contributed by atoms with Crippen LogP contribution in [0.4, 0.5) is 0 Å². The Morgan fingerprint density at radius 1 is 1.00 bits per heavy atom. The molecule has 2 aliphatic heterocycles. The molecule has 0 radical (unpaired) electrons. The maximum atomic E-state index is 10.2. The first-order chi connectivity index (χ1) is 13.0. The highest BCUT2D eigenvalue weighted by molar-refractivity contribution is 5.62. The van der Waals surface area contributed by atoms with Crippen molar-refractivity contribution >= 4 is 5.97 Å². The van der Waals surface area contributed by atoms with Gasteiger partial charge >= 0.3 is 0 Å². The Kier molecular flexibility index (Phi) is 9.54. The van der Waals surface area contributed by atoms with Gasteiger partial charge in [0.25, 0.3) is 5.97 Å². The largest absolute Gasteiger partial charge is 0.481 e. The molecular weight excluding hydrogens is 390 g/mol. The maximum absolute atomic E-state index is 10.2. The van der Waals surface area contributed by atoms with Crippen LogP contribution in [-0.2, 0) is 23.8 Å². The highest BCUT2D eigenvalue weighted by atomic mass is 16.8. The molecule has 166 valence electrons. The van der Waals surface area contributed by atoms with Crippen molar-refractivity contribution in [2.45, 2.75) is 61.7 Å². The minimum absolute atomic E-state index is 0.614. The minimum atomic E-state index is -2.12. The topological polar surface area (TPSA) is 242 Å². The van der Waals surface area contributed by atoms with Crippen LogP contribution in [0.25, 0.3) is 0 Å². The van der Waals surface area contributed by atoms with E-state index in [2.05, 4.69) is 4.84 Å². The predicted molar refractivity (Wildman–Crippen MR) is 85.0 cm³/mol. The van der Waals surface area contributed by atoms with E-state index in [1.54, 1.807) is 0 Å². The van der Waals surface area contributed by atoms with E-state index < -0.39 is 80.6 Å². The van der Waals surface area contributed by atoms with E-state index in [0.717, 1.165) is 6.92 Å². The fraction of sp³-hybridized carbons (Fsp3) is 0.929. The summed E-state index contributed by atoms with van der Waals surface area (Å²) in [6, 6.07) is 0. The minimum Gasteiger partial charge on any atom is -0.481 e. The number of carboxylic acid groups (broad SMARTS) is 1. The Morgan fingerprint density at radius 2 is 1.54 bits per heavy atom. The van der Waals surface area contributed by atoms with Gasteiger partial charge in [-0.2, -0.15) is 0 Å². The van der Waals surface area contributed by atoms with Gasteiger partial charge in [-0.05, 0) is 0 Å². The summed E-state index contributed by atoms with van der Waals surface area (Å²) in [5.41, 5.74) is 0. The van der Waals surface area contributed by atoms with Crippen molar-refractivity contribution in [3.8, 4) is 0 Å². The summed E-state index contributed by atoms with van der Waals surface area (Å²) in [6.07, 6.45) is -12.5. The van der Waals surface area contributed by atoms with Crippen molar-refractivity contribution in [1.29, 1.82) is 0 Å². The highest BCUT2D eigenvalue weighted by Gasteiger charge is 2.58. The van der Waals surface area contributed by atoms with Crippen molar-refractivity contribution in [3.05, 3.63) is 0 Å². The van der Waals surface area contributed by atoms with Crippen molar-refractivity contribution in [2.24, 2.45) is 5.90 Å².